The van der Waals surface area contributed by atoms with E-state index < -0.39 is 34.6 Å². The van der Waals surface area contributed by atoms with Crippen LogP contribution in [0.5, 0.6) is 0 Å². The molecule has 4 amide bonds. The van der Waals surface area contributed by atoms with E-state index in [2.05, 4.69) is 19.2 Å². The minimum absolute atomic E-state index is 0.254. The van der Waals surface area contributed by atoms with Crippen LogP contribution in [0.15, 0.2) is 0 Å². The minimum Gasteiger partial charge on any atom is -0.467 e. The van der Waals surface area contributed by atoms with Crippen LogP contribution in [0.3, 0.4) is 0 Å². The number of thioether (sulfide) groups is 1. The molecule has 1 heterocycles. The zero-order chi connectivity index (χ0) is 25.4. The number of rotatable bonds is 19. The molecule has 0 radical (unpaired) electrons. The molecule has 1 saturated heterocycles. The van der Waals surface area contributed by atoms with Gasteiger partial charge in [0.15, 0.2) is 4.75 Å². The van der Waals surface area contributed by atoms with E-state index in [1.807, 2.05) is 0 Å². The average Bonchev–Trinajstić information content (AvgIpc) is 2.83. The van der Waals surface area contributed by atoms with Crippen LogP contribution in [0, 0.1) is 0 Å². The number of ether oxygens (including phenoxy) is 1. The molecule has 0 spiro atoms. The lowest BCUT2D eigenvalue weighted by Gasteiger charge is -2.40. The molecule has 2 unspecified atom stereocenters. The van der Waals surface area contributed by atoms with Crippen LogP contribution in [0.25, 0.3) is 0 Å². The molecule has 0 saturated carbocycles. The van der Waals surface area contributed by atoms with Gasteiger partial charge in [-0.1, -0.05) is 97.8 Å². The van der Waals surface area contributed by atoms with Crippen LogP contribution in [0.4, 0.5) is 4.79 Å². The predicted molar refractivity (Wildman–Crippen MR) is 138 cm³/mol. The van der Waals surface area contributed by atoms with Gasteiger partial charge in [-0.05, 0) is 25.0 Å². The Morgan fingerprint density at radius 2 is 1.41 bits per heavy atom. The summed E-state index contributed by atoms with van der Waals surface area (Å²) in [6.45, 7) is 6.08. The Balaban J connectivity index is 2.73. The summed E-state index contributed by atoms with van der Waals surface area (Å²) in [7, 11) is 1.26. The Kier molecular flexibility index (Phi) is 15.2. The molecule has 1 aliphatic heterocycles. The normalized spacial score (nSPS) is 19.3. The second-order valence-corrected chi connectivity index (χ2v) is 10.6. The smallest absolute Gasteiger partial charge is 0.331 e. The van der Waals surface area contributed by atoms with Gasteiger partial charge in [0.2, 0.25) is 0 Å². The zero-order valence-corrected chi connectivity index (χ0v) is 22.6. The van der Waals surface area contributed by atoms with Gasteiger partial charge in [0.05, 0.1) is 7.11 Å². The number of barbiturate groups is 1. The molecule has 0 aliphatic carbocycles. The van der Waals surface area contributed by atoms with E-state index in [-0.39, 0.29) is 6.42 Å². The van der Waals surface area contributed by atoms with Crippen molar-refractivity contribution >= 4 is 35.6 Å². The van der Waals surface area contributed by atoms with Crippen molar-refractivity contribution in [2.45, 2.75) is 128 Å². The molecule has 0 aromatic rings. The van der Waals surface area contributed by atoms with Gasteiger partial charge in [0.25, 0.3) is 11.8 Å². The fourth-order valence-corrected chi connectivity index (χ4v) is 5.68. The van der Waals surface area contributed by atoms with Crippen molar-refractivity contribution in [2.75, 3.05) is 12.9 Å². The maximum absolute atomic E-state index is 13.5. The van der Waals surface area contributed by atoms with Crippen LogP contribution < -0.4 is 5.32 Å². The highest BCUT2D eigenvalue weighted by Gasteiger charge is 2.55. The number of urea groups is 1. The van der Waals surface area contributed by atoms with Crippen LogP contribution in [-0.2, 0) is 19.1 Å². The first-order valence-electron chi connectivity index (χ1n) is 13.3. The van der Waals surface area contributed by atoms with Crippen LogP contribution >= 0.6 is 11.8 Å². The number of hydrogen-bond acceptors (Lipinski definition) is 6. The van der Waals surface area contributed by atoms with E-state index in [4.69, 9.17) is 4.74 Å². The molecule has 34 heavy (non-hydrogen) atoms. The lowest BCUT2D eigenvalue weighted by molar-refractivity contribution is -0.154. The lowest BCUT2D eigenvalue weighted by Crippen LogP contribution is -2.69. The molecule has 8 heteroatoms. The Morgan fingerprint density at radius 3 is 1.94 bits per heavy atom. The second-order valence-electron chi connectivity index (χ2n) is 9.18. The molecule has 0 bridgehead atoms. The minimum atomic E-state index is -1.38. The van der Waals surface area contributed by atoms with Gasteiger partial charge in [-0.25, -0.2) is 14.5 Å². The van der Waals surface area contributed by atoms with Crippen molar-refractivity contribution in [3.05, 3.63) is 0 Å². The van der Waals surface area contributed by atoms with Crippen LogP contribution in [-0.4, -0.2) is 52.4 Å². The van der Waals surface area contributed by atoms with Gasteiger partial charge >= 0.3 is 12.0 Å². The number of nitrogens with one attached hydrogen (secondary N) is 1. The topological polar surface area (TPSA) is 92.8 Å². The van der Waals surface area contributed by atoms with Gasteiger partial charge in [-0.2, -0.15) is 0 Å². The molecular weight excluding hydrogens is 452 g/mol. The highest BCUT2D eigenvalue weighted by atomic mass is 32.2. The molecule has 0 aromatic carbocycles. The molecule has 1 rings (SSSR count). The summed E-state index contributed by atoms with van der Waals surface area (Å²) in [5.41, 5.74) is 0. The number of methoxy groups -OCH3 is 1. The van der Waals surface area contributed by atoms with Gasteiger partial charge in [-0.15, -0.1) is 11.8 Å². The molecule has 7 nitrogen and oxygen atoms in total. The standard InChI is InChI=1S/C26H46N2O5S/c1-5-8-10-11-12-13-14-15-16-17-19-21(22(29)33-4)28-24(31)26(7-3,23(30)27-25(28)32)34-20-18-9-6-2/h21H,5-20H2,1-4H3,(H,27,30,32). The summed E-state index contributed by atoms with van der Waals surface area (Å²) in [6.07, 6.45) is 15.0. The van der Waals surface area contributed by atoms with Gasteiger partial charge in [0, 0.05) is 0 Å². The van der Waals surface area contributed by atoms with Crippen LogP contribution in [0.2, 0.25) is 0 Å². The highest BCUT2D eigenvalue weighted by Crippen LogP contribution is 2.36. The highest BCUT2D eigenvalue weighted by molar-refractivity contribution is 8.02. The van der Waals surface area contributed by atoms with E-state index in [0.29, 0.717) is 18.6 Å². The Morgan fingerprint density at radius 1 is 0.882 bits per heavy atom. The van der Waals surface area contributed by atoms with Crippen molar-refractivity contribution in [3.63, 3.8) is 0 Å². The first kappa shape index (κ1) is 30.5. The summed E-state index contributed by atoms with van der Waals surface area (Å²) < 4.78 is 3.56. The molecule has 2 atom stereocenters. The summed E-state index contributed by atoms with van der Waals surface area (Å²) in [5, 5.41) is 2.34. The molecule has 1 N–H and O–H groups in total. The van der Waals surface area contributed by atoms with E-state index in [1.165, 1.54) is 57.4 Å². The van der Waals surface area contributed by atoms with E-state index in [1.54, 1.807) is 6.92 Å². The number of carbonyl (C=O) groups excluding carboxylic acids is 4. The largest absolute Gasteiger partial charge is 0.467 e. The van der Waals surface area contributed by atoms with Gasteiger partial charge in [0.1, 0.15) is 6.04 Å². The number of amides is 4. The second kappa shape index (κ2) is 17.0. The van der Waals surface area contributed by atoms with Crippen molar-refractivity contribution in [1.82, 2.24) is 10.2 Å². The first-order valence-corrected chi connectivity index (χ1v) is 14.3. The van der Waals surface area contributed by atoms with E-state index in [9.17, 15) is 19.2 Å². The first-order chi connectivity index (χ1) is 16.4. The molecular formula is C26H46N2O5S. The fraction of sp³-hybridized carbons (Fsp3) is 0.846. The van der Waals surface area contributed by atoms with Crippen molar-refractivity contribution in [1.29, 1.82) is 0 Å². The van der Waals surface area contributed by atoms with Crippen LogP contribution in [0.1, 0.15) is 117 Å². The number of esters is 1. The average molecular weight is 499 g/mol. The Bertz CT molecular complexity index is 657. The number of hydrogen-bond donors (Lipinski definition) is 1. The number of unbranched alkanes of at least 4 members (excludes halogenated alkanes) is 11. The van der Waals surface area contributed by atoms with Gasteiger partial charge in [-0.3, -0.25) is 14.9 Å². The third kappa shape index (κ3) is 8.90. The Labute approximate surface area is 210 Å². The monoisotopic (exact) mass is 498 g/mol. The predicted octanol–water partition coefficient (Wildman–Crippen LogP) is 5.99. The summed E-state index contributed by atoms with van der Waals surface area (Å²) >= 11 is 1.28. The number of carbonyl (C=O) groups is 4. The number of imide groups is 2. The third-order valence-electron chi connectivity index (χ3n) is 6.58. The molecule has 196 valence electrons. The molecule has 1 fully saturated rings. The van der Waals surface area contributed by atoms with E-state index in [0.717, 1.165) is 43.4 Å². The maximum Gasteiger partial charge on any atom is 0.331 e. The SMILES string of the molecule is CCCCCCCCCCCCC(C(=O)OC)N1C(=O)NC(=O)C(CC)(SCCCCC)C1=O. The lowest BCUT2D eigenvalue weighted by atomic mass is 9.97. The van der Waals surface area contributed by atoms with Crippen molar-refractivity contribution in [3.8, 4) is 0 Å². The van der Waals surface area contributed by atoms with E-state index >= 15 is 0 Å². The quantitative estimate of drug-likeness (QED) is 0.134. The van der Waals surface area contributed by atoms with Crippen molar-refractivity contribution in [2.24, 2.45) is 0 Å². The molecule has 0 aromatic heterocycles. The third-order valence-corrected chi connectivity index (χ3v) is 8.21. The number of nitrogens with zero attached hydrogens (tertiary/aromatic N) is 1. The Hall–Kier alpha value is -1.57. The van der Waals surface area contributed by atoms with Gasteiger partial charge < -0.3 is 4.74 Å². The maximum atomic E-state index is 13.5. The zero-order valence-electron chi connectivity index (χ0n) is 21.8. The fourth-order valence-electron chi connectivity index (χ4n) is 4.38. The molecule has 1 aliphatic rings. The summed E-state index contributed by atoms with van der Waals surface area (Å²) in [4.78, 5) is 52.5. The van der Waals surface area contributed by atoms with Crippen molar-refractivity contribution < 1.29 is 23.9 Å². The summed E-state index contributed by atoms with van der Waals surface area (Å²) in [5.74, 6) is -1.14. The summed E-state index contributed by atoms with van der Waals surface area (Å²) in [6, 6.07) is -1.84.